The first kappa shape index (κ1) is 43.6. The highest BCUT2D eigenvalue weighted by molar-refractivity contribution is 8.04. The minimum atomic E-state index is -4.13. The molecule has 0 spiro atoms. The van der Waals surface area contributed by atoms with Crippen molar-refractivity contribution in [3.8, 4) is 0 Å². The average molecular weight is 846 g/mol. The summed E-state index contributed by atoms with van der Waals surface area (Å²) in [6.45, 7) is 13.3. The molecule has 9 heteroatoms. The van der Waals surface area contributed by atoms with E-state index in [1.54, 1.807) is 0 Å². The first-order chi connectivity index (χ1) is 28.7. The van der Waals surface area contributed by atoms with Gasteiger partial charge in [-0.2, -0.15) is 13.0 Å². The second-order valence-corrected chi connectivity index (χ2v) is 20.3. The van der Waals surface area contributed by atoms with Gasteiger partial charge in [-0.15, -0.1) is 11.8 Å². The number of hydrogen-bond donors (Lipinski definition) is 2. The summed E-state index contributed by atoms with van der Waals surface area (Å²) in [5.41, 5.74) is 9.44. The molecule has 0 saturated heterocycles. The molecule has 4 aromatic rings. The molecule has 0 aromatic heterocycles. The van der Waals surface area contributed by atoms with Crippen LogP contribution < -0.4 is 4.90 Å². The number of carboxylic acid groups (broad SMARTS) is 1. The number of hydrogen-bond acceptors (Lipinski definition) is 5. The molecule has 0 bridgehead atoms. The molecule has 2 N–H and O–H groups in total. The summed E-state index contributed by atoms with van der Waals surface area (Å²) >= 11 is 1.53. The van der Waals surface area contributed by atoms with E-state index in [1.165, 1.54) is 84.8 Å². The van der Waals surface area contributed by atoms with Gasteiger partial charge in [-0.25, -0.2) is 0 Å². The zero-order chi connectivity index (χ0) is 42.7. The molecule has 0 amide bonds. The van der Waals surface area contributed by atoms with Crippen LogP contribution in [0.25, 0.3) is 21.5 Å². The Morgan fingerprint density at radius 2 is 1.52 bits per heavy atom. The number of unbranched alkanes of at least 4 members (excludes halogenated alkanes) is 4. The van der Waals surface area contributed by atoms with E-state index < -0.39 is 16.1 Å². The second kappa shape index (κ2) is 18.3. The van der Waals surface area contributed by atoms with Crippen molar-refractivity contribution in [1.82, 2.24) is 0 Å². The van der Waals surface area contributed by atoms with Crippen molar-refractivity contribution in [2.45, 2.75) is 110 Å². The molecule has 0 saturated carbocycles. The van der Waals surface area contributed by atoms with Crippen LogP contribution in [0.1, 0.15) is 110 Å². The lowest BCUT2D eigenvalue weighted by Crippen LogP contribution is -2.28. The number of benzene rings is 4. The fourth-order valence-corrected chi connectivity index (χ4v) is 11.9. The zero-order valence-corrected chi connectivity index (χ0v) is 37.6. The van der Waals surface area contributed by atoms with Gasteiger partial charge in [0.05, 0.1) is 11.2 Å². The van der Waals surface area contributed by atoms with E-state index in [0.717, 1.165) is 62.9 Å². The molecule has 0 atom stereocenters. The summed E-state index contributed by atoms with van der Waals surface area (Å²) in [6.07, 6.45) is 17.8. The molecule has 2 aliphatic heterocycles. The van der Waals surface area contributed by atoms with E-state index in [1.807, 2.05) is 0 Å². The smallest absolute Gasteiger partial charge is 0.303 e. The lowest BCUT2D eigenvalue weighted by Gasteiger charge is -2.28. The molecule has 7 rings (SSSR count). The van der Waals surface area contributed by atoms with Crippen LogP contribution in [0, 0.1) is 0 Å². The van der Waals surface area contributed by atoms with Crippen molar-refractivity contribution in [2.24, 2.45) is 0 Å². The molecule has 7 nitrogen and oxygen atoms in total. The minimum absolute atomic E-state index is 0.181. The highest BCUT2D eigenvalue weighted by Crippen LogP contribution is 2.51. The Morgan fingerprint density at radius 3 is 2.22 bits per heavy atom. The van der Waals surface area contributed by atoms with Crippen LogP contribution in [-0.2, 0) is 25.7 Å². The van der Waals surface area contributed by atoms with Gasteiger partial charge in [0.1, 0.15) is 6.54 Å². The van der Waals surface area contributed by atoms with Crippen LogP contribution in [0.15, 0.2) is 119 Å². The van der Waals surface area contributed by atoms with Crippen LogP contribution in [0.5, 0.6) is 0 Å². The van der Waals surface area contributed by atoms with Gasteiger partial charge >= 0.3 is 5.97 Å². The molecule has 0 radical (unpaired) electrons. The van der Waals surface area contributed by atoms with Crippen LogP contribution >= 0.6 is 11.8 Å². The topological polar surface area (TPSA) is 97.9 Å². The van der Waals surface area contributed by atoms with Crippen molar-refractivity contribution in [1.29, 1.82) is 0 Å². The molecule has 2 heterocycles. The fourth-order valence-electron chi connectivity index (χ4n) is 9.81. The van der Waals surface area contributed by atoms with E-state index in [9.17, 15) is 22.9 Å². The molecular weight excluding hydrogens is 785 g/mol. The monoisotopic (exact) mass is 845 g/mol. The van der Waals surface area contributed by atoms with E-state index in [-0.39, 0.29) is 28.8 Å². The van der Waals surface area contributed by atoms with Gasteiger partial charge in [0, 0.05) is 64.5 Å². The summed E-state index contributed by atoms with van der Waals surface area (Å²) < 4.78 is 36.2. The number of anilines is 1. The normalized spacial score (nSPS) is 18.8. The number of nitrogens with zero attached hydrogens (tertiary/aromatic N) is 2. The maximum atomic E-state index is 12.0. The van der Waals surface area contributed by atoms with Crippen molar-refractivity contribution >= 4 is 66.5 Å². The number of rotatable bonds is 17. The van der Waals surface area contributed by atoms with Gasteiger partial charge in [0.2, 0.25) is 5.69 Å². The fraction of sp³-hybridized carbons (Fsp3) is 0.412. The lowest BCUT2D eigenvalue weighted by molar-refractivity contribution is -0.438. The number of fused-ring (bicyclic) bond motifs is 6. The van der Waals surface area contributed by atoms with Gasteiger partial charge in [-0.1, -0.05) is 100 Å². The third-order valence-electron chi connectivity index (χ3n) is 12.7. The zero-order valence-electron chi connectivity index (χ0n) is 36.0. The molecule has 0 unspecified atom stereocenters. The highest BCUT2D eigenvalue weighted by atomic mass is 32.2. The lowest BCUT2D eigenvalue weighted by atomic mass is 9.78. The Bertz CT molecular complexity index is 2560. The highest BCUT2D eigenvalue weighted by Gasteiger charge is 2.45. The minimum Gasteiger partial charge on any atom is -0.481 e. The van der Waals surface area contributed by atoms with Crippen LogP contribution in [-0.4, -0.2) is 58.9 Å². The third kappa shape index (κ3) is 9.09. The number of carbonyl (C=O) groups is 1. The Labute approximate surface area is 361 Å². The maximum Gasteiger partial charge on any atom is 0.303 e. The standard InChI is InChI=1S/C51H60N2O5S2/c1-6-7-14-32-52-42-28-24-36-17-10-12-21-40(36)47(42)50(2,3)44(52)30-26-38-19-16-20-39(49(38)59-34-35-60(56,57)58)27-31-45-51(4,5)48-41-22-13-11-18-37(41)25-29-43(48)53(45)33-15-8-9-23-46(54)55/h10-13,17-18,21-22,24-31H,6-9,14-16,19-20,23,32-35H2,1-5H3,(H-,54,55,56,57,58)/p+1. The van der Waals surface area contributed by atoms with Gasteiger partial charge in [-0.05, 0) is 109 Å². The first-order valence-corrected chi connectivity index (χ1v) is 24.4. The average Bonchev–Trinajstić information content (AvgIpc) is 3.57. The molecule has 0 fully saturated rings. The quantitative estimate of drug-likeness (QED) is 0.0620. The van der Waals surface area contributed by atoms with Crippen LogP contribution in [0.2, 0.25) is 0 Å². The third-order valence-corrected chi connectivity index (χ3v) is 14.9. The SMILES string of the molecule is CCCCC[N+]1=C(C=CC2=C(SCCS(=O)(=O)O)C(=CC=C3N(CCCCCC(=O)O)c4ccc5ccccc5c4C3(C)C)CCC2)C(C)(C)c2c1ccc1ccccc21. The van der Waals surface area contributed by atoms with E-state index in [0.29, 0.717) is 6.42 Å². The largest absolute Gasteiger partial charge is 0.481 e. The summed E-state index contributed by atoms with van der Waals surface area (Å²) in [4.78, 5) is 14.8. The van der Waals surface area contributed by atoms with Crippen LogP contribution in [0.3, 0.4) is 0 Å². The molecule has 4 aromatic carbocycles. The van der Waals surface area contributed by atoms with Crippen molar-refractivity contribution in [3.05, 3.63) is 130 Å². The molecule has 60 heavy (non-hydrogen) atoms. The van der Waals surface area contributed by atoms with Crippen molar-refractivity contribution in [2.75, 3.05) is 29.5 Å². The molecule has 1 aliphatic carbocycles. The summed E-state index contributed by atoms with van der Waals surface area (Å²) in [6, 6.07) is 26.2. The van der Waals surface area contributed by atoms with E-state index in [4.69, 9.17) is 0 Å². The van der Waals surface area contributed by atoms with Gasteiger partial charge in [0.25, 0.3) is 10.1 Å². The van der Waals surface area contributed by atoms with Crippen molar-refractivity contribution < 1.29 is 27.4 Å². The first-order valence-electron chi connectivity index (χ1n) is 21.8. The molecule has 3 aliphatic rings. The molecular formula is C51H61N2O5S2+. The summed E-state index contributed by atoms with van der Waals surface area (Å²) in [5.74, 6) is -0.807. The van der Waals surface area contributed by atoms with Gasteiger partial charge in [-0.3, -0.25) is 9.35 Å². The summed E-state index contributed by atoms with van der Waals surface area (Å²) in [5, 5.41) is 14.2. The maximum absolute atomic E-state index is 12.0. The molecule has 316 valence electrons. The van der Waals surface area contributed by atoms with Gasteiger partial charge in [0.15, 0.2) is 5.71 Å². The Kier molecular flexibility index (Phi) is 13.3. The predicted molar refractivity (Wildman–Crippen MR) is 252 cm³/mol. The van der Waals surface area contributed by atoms with E-state index >= 15 is 0 Å². The number of aliphatic carboxylic acids is 1. The van der Waals surface area contributed by atoms with Gasteiger partial charge < -0.3 is 10.0 Å². The Morgan fingerprint density at radius 1 is 0.817 bits per heavy atom. The number of allylic oxidation sites excluding steroid dienone is 7. The predicted octanol–water partition coefficient (Wildman–Crippen LogP) is 12.4. The number of carboxylic acids is 1. The van der Waals surface area contributed by atoms with Crippen LogP contribution in [0.4, 0.5) is 11.4 Å². The number of thioether (sulfide) groups is 1. The Hall–Kier alpha value is -4.44. The van der Waals surface area contributed by atoms with E-state index in [2.05, 4.69) is 141 Å². The summed E-state index contributed by atoms with van der Waals surface area (Å²) in [7, 11) is -4.13. The van der Waals surface area contributed by atoms with Crippen molar-refractivity contribution in [3.63, 3.8) is 0 Å². The Balaban J connectivity index is 1.30. The second-order valence-electron chi connectivity index (χ2n) is 17.6.